The van der Waals surface area contributed by atoms with Gasteiger partial charge < -0.3 is 10.2 Å². The van der Waals surface area contributed by atoms with Gasteiger partial charge in [-0.25, -0.2) is 8.42 Å². The molecule has 8 heteroatoms. The van der Waals surface area contributed by atoms with E-state index in [9.17, 15) is 13.2 Å². The van der Waals surface area contributed by atoms with Gasteiger partial charge in [0, 0.05) is 5.02 Å². The fourth-order valence-electron chi connectivity index (χ4n) is 1.28. The summed E-state index contributed by atoms with van der Waals surface area (Å²) in [7, 11) is -4.05. The summed E-state index contributed by atoms with van der Waals surface area (Å²) in [5, 5.41) is 17.7. The van der Waals surface area contributed by atoms with Crippen molar-refractivity contribution in [2.75, 3.05) is 6.61 Å². The molecule has 0 saturated heterocycles. The number of hydrogen-bond acceptors (Lipinski definition) is 4. The van der Waals surface area contributed by atoms with E-state index < -0.39 is 28.6 Å². The molecule has 0 bridgehead atoms. The Kier molecular flexibility index (Phi) is 4.69. The lowest BCUT2D eigenvalue weighted by molar-refractivity contribution is -0.139. The van der Waals surface area contributed by atoms with E-state index in [1.54, 1.807) is 6.92 Å². The molecule has 0 unspecified atom stereocenters. The lowest BCUT2D eigenvalue weighted by Crippen LogP contribution is -2.43. The molecule has 1 aromatic carbocycles. The normalized spacial score (nSPS) is 13.3. The van der Waals surface area contributed by atoms with Gasteiger partial charge in [0.05, 0.1) is 11.5 Å². The molecule has 0 fully saturated rings. The van der Waals surface area contributed by atoms with Gasteiger partial charge in [0.25, 0.3) is 0 Å². The minimum absolute atomic E-state index is 0.116. The van der Waals surface area contributed by atoms with Crippen molar-refractivity contribution in [1.82, 2.24) is 4.72 Å². The van der Waals surface area contributed by atoms with Gasteiger partial charge in [0.2, 0.25) is 10.0 Å². The van der Waals surface area contributed by atoms with E-state index in [0.29, 0.717) is 5.56 Å². The standard InChI is InChI=1S/C10H12ClNO5S/c1-6-2-3-7(11)4-9(6)18(16,17)12-8(5-13)10(14)15/h2-4,8,12-13H,5H2,1H3,(H,14,15)/t8-/m0/s1. The van der Waals surface area contributed by atoms with Gasteiger partial charge in [-0.15, -0.1) is 0 Å². The Hall–Kier alpha value is -1.15. The summed E-state index contributed by atoms with van der Waals surface area (Å²) in [6.45, 7) is 0.716. The molecule has 0 heterocycles. The van der Waals surface area contributed by atoms with Crippen LogP contribution in [0.25, 0.3) is 0 Å². The first kappa shape index (κ1) is 14.9. The highest BCUT2D eigenvalue weighted by molar-refractivity contribution is 7.89. The first-order chi connectivity index (χ1) is 8.27. The van der Waals surface area contributed by atoms with Gasteiger partial charge >= 0.3 is 5.97 Å². The summed E-state index contributed by atoms with van der Waals surface area (Å²) in [6, 6.07) is 2.66. The van der Waals surface area contributed by atoms with E-state index in [4.69, 9.17) is 21.8 Å². The monoisotopic (exact) mass is 293 g/mol. The molecule has 3 N–H and O–H groups in total. The Morgan fingerprint density at radius 3 is 2.61 bits per heavy atom. The van der Waals surface area contributed by atoms with Crippen LogP contribution in [-0.2, 0) is 14.8 Å². The number of benzene rings is 1. The molecular formula is C10H12ClNO5S. The number of carbonyl (C=O) groups is 1. The number of aryl methyl sites for hydroxylation is 1. The molecule has 0 spiro atoms. The maximum absolute atomic E-state index is 11.9. The molecule has 1 rings (SSSR count). The lowest BCUT2D eigenvalue weighted by atomic mass is 10.2. The lowest BCUT2D eigenvalue weighted by Gasteiger charge is -2.13. The van der Waals surface area contributed by atoms with Crippen molar-refractivity contribution in [1.29, 1.82) is 0 Å². The minimum Gasteiger partial charge on any atom is -0.480 e. The maximum atomic E-state index is 11.9. The third kappa shape index (κ3) is 3.42. The van der Waals surface area contributed by atoms with Gasteiger partial charge in [0.1, 0.15) is 6.04 Å². The quantitative estimate of drug-likeness (QED) is 0.728. The van der Waals surface area contributed by atoms with Crippen LogP contribution in [0.5, 0.6) is 0 Å². The number of aliphatic hydroxyl groups excluding tert-OH is 1. The number of sulfonamides is 1. The van der Waals surface area contributed by atoms with Crippen molar-refractivity contribution >= 4 is 27.6 Å². The average Bonchev–Trinajstić information content (AvgIpc) is 2.28. The molecule has 1 atom stereocenters. The Bertz CT molecular complexity index is 557. The van der Waals surface area contributed by atoms with Crippen LogP contribution < -0.4 is 4.72 Å². The average molecular weight is 294 g/mol. The predicted molar refractivity (Wildman–Crippen MR) is 65.0 cm³/mol. The Labute approximate surface area is 109 Å². The summed E-state index contributed by atoms with van der Waals surface area (Å²) in [5.74, 6) is -1.46. The highest BCUT2D eigenvalue weighted by atomic mass is 35.5. The Morgan fingerprint density at radius 2 is 2.11 bits per heavy atom. The number of carboxylic acids is 1. The molecule has 0 aliphatic carbocycles. The van der Waals surface area contributed by atoms with Crippen LogP contribution in [-0.4, -0.2) is 37.2 Å². The molecule has 0 aliphatic heterocycles. The second-order valence-corrected chi connectivity index (χ2v) is 5.72. The van der Waals surface area contributed by atoms with E-state index in [0.717, 1.165) is 0 Å². The van der Waals surface area contributed by atoms with Crippen LogP contribution >= 0.6 is 11.6 Å². The van der Waals surface area contributed by atoms with Crippen LogP contribution in [0.3, 0.4) is 0 Å². The molecule has 0 radical (unpaired) electrons. The van der Waals surface area contributed by atoms with E-state index in [1.165, 1.54) is 18.2 Å². The first-order valence-electron chi connectivity index (χ1n) is 4.90. The summed E-state index contributed by atoms with van der Waals surface area (Å²) in [4.78, 5) is 10.6. The fourth-order valence-corrected chi connectivity index (χ4v) is 2.97. The third-order valence-corrected chi connectivity index (χ3v) is 4.07. The second-order valence-electron chi connectivity index (χ2n) is 3.60. The zero-order valence-corrected chi connectivity index (χ0v) is 11.0. The van der Waals surface area contributed by atoms with E-state index in [-0.39, 0.29) is 9.92 Å². The summed E-state index contributed by atoms with van der Waals surface area (Å²) in [6.07, 6.45) is 0. The number of carboxylic acid groups (broad SMARTS) is 1. The molecule has 0 aliphatic rings. The number of aliphatic hydroxyl groups is 1. The zero-order chi connectivity index (χ0) is 13.9. The van der Waals surface area contributed by atoms with Crippen LogP contribution in [0.1, 0.15) is 5.56 Å². The smallest absolute Gasteiger partial charge is 0.324 e. The van der Waals surface area contributed by atoms with Gasteiger partial charge in [-0.05, 0) is 24.6 Å². The molecule has 0 saturated carbocycles. The van der Waals surface area contributed by atoms with Crippen molar-refractivity contribution in [3.63, 3.8) is 0 Å². The van der Waals surface area contributed by atoms with Crippen LogP contribution in [0, 0.1) is 6.92 Å². The van der Waals surface area contributed by atoms with Crippen LogP contribution in [0.4, 0.5) is 0 Å². The van der Waals surface area contributed by atoms with Crippen molar-refractivity contribution in [2.24, 2.45) is 0 Å². The van der Waals surface area contributed by atoms with Crippen LogP contribution in [0.15, 0.2) is 23.1 Å². The molecule has 1 aromatic rings. The second kappa shape index (κ2) is 5.66. The van der Waals surface area contributed by atoms with Gasteiger partial charge in [-0.1, -0.05) is 17.7 Å². The van der Waals surface area contributed by atoms with Crippen molar-refractivity contribution in [3.05, 3.63) is 28.8 Å². The van der Waals surface area contributed by atoms with Crippen molar-refractivity contribution < 1.29 is 23.4 Å². The highest BCUT2D eigenvalue weighted by Gasteiger charge is 2.25. The predicted octanol–water partition coefficient (Wildman–Crippen LogP) is 0.372. The molecule has 0 amide bonds. The van der Waals surface area contributed by atoms with Crippen molar-refractivity contribution in [2.45, 2.75) is 17.9 Å². The summed E-state index contributed by atoms with van der Waals surface area (Å²) < 4.78 is 25.8. The number of hydrogen-bond donors (Lipinski definition) is 3. The van der Waals surface area contributed by atoms with Crippen molar-refractivity contribution in [3.8, 4) is 0 Å². The van der Waals surface area contributed by atoms with Gasteiger partial charge in [0.15, 0.2) is 0 Å². The van der Waals surface area contributed by atoms with E-state index in [1.807, 2.05) is 4.72 Å². The third-order valence-electron chi connectivity index (χ3n) is 2.22. The number of halogens is 1. The molecule has 18 heavy (non-hydrogen) atoms. The van der Waals surface area contributed by atoms with E-state index >= 15 is 0 Å². The molecule has 6 nitrogen and oxygen atoms in total. The summed E-state index contributed by atoms with van der Waals surface area (Å²) in [5.41, 5.74) is 0.425. The maximum Gasteiger partial charge on any atom is 0.324 e. The zero-order valence-electron chi connectivity index (χ0n) is 9.42. The Morgan fingerprint density at radius 1 is 1.50 bits per heavy atom. The fraction of sp³-hybridized carbons (Fsp3) is 0.300. The van der Waals surface area contributed by atoms with Gasteiger partial charge in [-0.3, -0.25) is 4.79 Å². The molecular weight excluding hydrogens is 282 g/mol. The molecule has 100 valence electrons. The van der Waals surface area contributed by atoms with Crippen LogP contribution in [0.2, 0.25) is 5.02 Å². The number of nitrogens with one attached hydrogen (secondary N) is 1. The topological polar surface area (TPSA) is 104 Å². The molecule has 0 aromatic heterocycles. The highest BCUT2D eigenvalue weighted by Crippen LogP contribution is 2.20. The largest absolute Gasteiger partial charge is 0.480 e. The minimum atomic E-state index is -4.05. The first-order valence-corrected chi connectivity index (χ1v) is 6.76. The SMILES string of the molecule is Cc1ccc(Cl)cc1S(=O)(=O)N[C@@H](CO)C(=O)O. The Balaban J connectivity index is 3.14. The summed E-state index contributed by atoms with van der Waals surface area (Å²) >= 11 is 5.70. The number of rotatable bonds is 5. The van der Waals surface area contributed by atoms with E-state index in [2.05, 4.69) is 0 Å². The number of aliphatic carboxylic acids is 1. The van der Waals surface area contributed by atoms with Gasteiger partial charge in [-0.2, -0.15) is 4.72 Å².